The molecule has 1 aliphatic rings. The maximum Gasteiger partial charge on any atom is 0.0581 e. The molecule has 0 heterocycles. The third kappa shape index (κ3) is 2.86. The fourth-order valence-corrected chi connectivity index (χ4v) is 3.47. The van der Waals surface area contributed by atoms with Crippen LogP contribution in [0.25, 0.3) is 0 Å². The molecule has 0 aliphatic heterocycles. The highest BCUT2D eigenvalue weighted by atomic mass is 32.2. The van der Waals surface area contributed by atoms with Crippen molar-refractivity contribution >= 4 is 11.8 Å². The van der Waals surface area contributed by atoms with Crippen LogP contribution in [0.4, 0.5) is 0 Å². The Hall–Kier alpha value is -0.470. The molecule has 0 bridgehead atoms. The van der Waals surface area contributed by atoms with Gasteiger partial charge in [0, 0.05) is 9.64 Å². The zero-order chi connectivity index (χ0) is 12.5. The first kappa shape index (κ1) is 13.0. The molecule has 1 saturated carbocycles. The van der Waals surface area contributed by atoms with Crippen molar-refractivity contribution in [3.05, 3.63) is 29.8 Å². The van der Waals surface area contributed by atoms with E-state index < -0.39 is 0 Å². The Labute approximate surface area is 109 Å². The molecule has 1 N–H and O–H groups in total. The summed E-state index contributed by atoms with van der Waals surface area (Å²) in [5.74, 6) is 0. The largest absolute Gasteiger partial charge is 0.395 e. The Bertz CT molecular complexity index is 365. The van der Waals surface area contributed by atoms with Gasteiger partial charge in [-0.25, -0.2) is 0 Å². The summed E-state index contributed by atoms with van der Waals surface area (Å²) in [5.41, 5.74) is 1.59. The number of aliphatic hydroxyl groups excluding tert-OH is 1. The monoisotopic (exact) mass is 250 g/mol. The summed E-state index contributed by atoms with van der Waals surface area (Å²) in [4.78, 5) is 1.28. The van der Waals surface area contributed by atoms with E-state index in [0.29, 0.717) is 6.61 Å². The topological polar surface area (TPSA) is 20.2 Å². The SMILES string of the molecule is CC(C)(C)c1ccc(SC2(CO)CCC2)cc1. The van der Waals surface area contributed by atoms with Crippen molar-refractivity contribution in [2.24, 2.45) is 0 Å². The number of rotatable bonds is 3. The second-order valence-electron chi connectivity index (χ2n) is 6.07. The molecule has 1 aromatic rings. The first-order chi connectivity index (χ1) is 7.95. The summed E-state index contributed by atoms with van der Waals surface area (Å²) >= 11 is 1.85. The number of benzene rings is 1. The van der Waals surface area contributed by atoms with E-state index in [4.69, 9.17) is 0 Å². The van der Waals surface area contributed by atoms with Gasteiger partial charge in [-0.05, 0) is 36.0 Å². The Morgan fingerprint density at radius 3 is 2.12 bits per heavy atom. The van der Waals surface area contributed by atoms with Crippen LogP contribution in [0.15, 0.2) is 29.2 Å². The first-order valence-corrected chi connectivity index (χ1v) is 7.17. The summed E-state index contributed by atoms with van der Waals surface area (Å²) in [6, 6.07) is 8.82. The molecule has 0 atom stereocenters. The van der Waals surface area contributed by atoms with Crippen molar-refractivity contribution in [2.75, 3.05) is 6.61 Å². The standard InChI is InChI=1S/C15H22OS/c1-14(2,3)12-5-7-13(8-6-12)17-15(11-16)9-4-10-15/h5-8,16H,4,9-11H2,1-3H3. The lowest BCUT2D eigenvalue weighted by Gasteiger charge is -2.39. The van der Waals surface area contributed by atoms with Crippen LogP contribution < -0.4 is 0 Å². The van der Waals surface area contributed by atoms with Crippen LogP contribution in [0, 0.1) is 0 Å². The number of hydrogen-bond acceptors (Lipinski definition) is 2. The van der Waals surface area contributed by atoms with E-state index in [1.54, 1.807) is 0 Å². The number of aliphatic hydroxyl groups is 1. The van der Waals surface area contributed by atoms with Crippen molar-refractivity contribution in [1.29, 1.82) is 0 Å². The van der Waals surface area contributed by atoms with Crippen molar-refractivity contribution in [2.45, 2.75) is 55.1 Å². The Balaban J connectivity index is 2.08. The van der Waals surface area contributed by atoms with Gasteiger partial charge in [-0.15, -0.1) is 11.8 Å². The van der Waals surface area contributed by atoms with Gasteiger partial charge in [0.25, 0.3) is 0 Å². The highest BCUT2D eigenvalue weighted by molar-refractivity contribution is 8.00. The van der Waals surface area contributed by atoms with Gasteiger partial charge in [0.15, 0.2) is 0 Å². The van der Waals surface area contributed by atoms with Crippen LogP contribution in [0.5, 0.6) is 0 Å². The third-order valence-electron chi connectivity index (χ3n) is 3.61. The molecule has 1 fully saturated rings. The molecule has 94 valence electrons. The molecule has 17 heavy (non-hydrogen) atoms. The fraction of sp³-hybridized carbons (Fsp3) is 0.600. The smallest absolute Gasteiger partial charge is 0.0581 e. The quantitative estimate of drug-likeness (QED) is 0.875. The van der Waals surface area contributed by atoms with E-state index >= 15 is 0 Å². The number of thioether (sulfide) groups is 1. The fourth-order valence-electron chi connectivity index (χ4n) is 2.14. The molecule has 0 unspecified atom stereocenters. The predicted molar refractivity (Wildman–Crippen MR) is 74.7 cm³/mol. The van der Waals surface area contributed by atoms with Gasteiger partial charge < -0.3 is 5.11 Å². The van der Waals surface area contributed by atoms with Gasteiger partial charge >= 0.3 is 0 Å². The van der Waals surface area contributed by atoms with Gasteiger partial charge in [0.1, 0.15) is 0 Å². The van der Waals surface area contributed by atoms with Crippen LogP contribution >= 0.6 is 11.8 Å². The van der Waals surface area contributed by atoms with Crippen molar-refractivity contribution < 1.29 is 5.11 Å². The van der Waals surface area contributed by atoms with Crippen molar-refractivity contribution in [3.8, 4) is 0 Å². The normalized spacial score (nSPS) is 18.8. The van der Waals surface area contributed by atoms with E-state index in [1.807, 2.05) is 11.8 Å². The van der Waals surface area contributed by atoms with E-state index in [2.05, 4.69) is 45.0 Å². The lowest BCUT2D eigenvalue weighted by Crippen LogP contribution is -2.37. The van der Waals surface area contributed by atoms with Gasteiger partial charge in [0.2, 0.25) is 0 Å². The molecular weight excluding hydrogens is 228 g/mol. The van der Waals surface area contributed by atoms with Crippen LogP contribution in [0.3, 0.4) is 0 Å². The maximum atomic E-state index is 9.46. The molecule has 1 aromatic carbocycles. The Morgan fingerprint density at radius 1 is 1.18 bits per heavy atom. The molecule has 2 rings (SSSR count). The summed E-state index contributed by atoms with van der Waals surface area (Å²) < 4.78 is 0.114. The highest BCUT2D eigenvalue weighted by Gasteiger charge is 2.37. The van der Waals surface area contributed by atoms with E-state index in [9.17, 15) is 5.11 Å². The van der Waals surface area contributed by atoms with E-state index in [-0.39, 0.29) is 10.2 Å². The van der Waals surface area contributed by atoms with Crippen LogP contribution in [-0.4, -0.2) is 16.5 Å². The summed E-state index contributed by atoms with van der Waals surface area (Å²) in [7, 11) is 0. The summed E-state index contributed by atoms with van der Waals surface area (Å²) in [6.07, 6.45) is 3.55. The van der Waals surface area contributed by atoms with E-state index in [0.717, 1.165) is 12.8 Å². The molecule has 0 aromatic heterocycles. The molecule has 0 saturated heterocycles. The van der Waals surface area contributed by atoms with Crippen LogP contribution in [0.1, 0.15) is 45.6 Å². The molecular formula is C15H22OS. The highest BCUT2D eigenvalue weighted by Crippen LogP contribution is 2.47. The Kier molecular flexibility index (Phi) is 3.55. The minimum absolute atomic E-state index is 0.114. The average molecular weight is 250 g/mol. The molecule has 0 radical (unpaired) electrons. The second kappa shape index (κ2) is 4.66. The maximum absolute atomic E-state index is 9.46. The van der Waals surface area contributed by atoms with Crippen LogP contribution in [-0.2, 0) is 5.41 Å². The molecule has 0 amide bonds. The lowest BCUT2D eigenvalue weighted by atomic mass is 9.85. The first-order valence-electron chi connectivity index (χ1n) is 6.36. The van der Waals surface area contributed by atoms with Crippen molar-refractivity contribution in [1.82, 2.24) is 0 Å². The van der Waals surface area contributed by atoms with E-state index in [1.165, 1.54) is 16.9 Å². The average Bonchev–Trinajstić information content (AvgIpc) is 2.23. The van der Waals surface area contributed by atoms with Gasteiger partial charge in [-0.2, -0.15) is 0 Å². The van der Waals surface area contributed by atoms with Gasteiger partial charge in [-0.3, -0.25) is 0 Å². The van der Waals surface area contributed by atoms with Gasteiger partial charge in [0.05, 0.1) is 6.61 Å². The molecule has 1 nitrogen and oxygen atoms in total. The zero-order valence-electron chi connectivity index (χ0n) is 11.0. The predicted octanol–water partition coefficient (Wildman–Crippen LogP) is 3.99. The Morgan fingerprint density at radius 2 is 1.76 bits per heavy atom. The second-order valence-corrected chi connectivity index (χ2v) is 7.61. The minimum atomic E-state index is 0.114. The van der Waals surface area contributed by atoms with Crippen molar-refractivity contribution in [3.63, 3.8) is 0 Å². The third-order valence-corrected chi connectivity index (χ3v) is 5.09. The molecule has 1 aliphatic carbocycles. The lowest BCUT2D eigenvalue weighted by molar-refractivity contribution is 0.191. The molecule has 2 heteroatoms. The van der Waals surface area contributed by atoms with Crippen LogP contribution in [0.2, 0.25) is 0 Å². The molecule has 0 spiro atoms. The zero-order valence-corrected chi connectivity index (χ0v) is 11.8. The summed E-state index contributed by atoms with van der Waals surface area (Å²) in [5, 5.41) is 9.46. The summed E-state index contributed by atoms with van der Waals surface area (Å²) in [6.45, 7) is 7.00. The number of hydrogen-bond donors (Lipinski definition) is 1. The van der Waals surface area contributed by atoms with Gasteiger partial charge in [-0.1, -0.05) is 39.3 Å². The minimum Gasteiger partial charge on any atom is -0.395 e.